The molecule has 3 N–H and O–H groups in total. The number of thioether (sulfide) groups is 1. The second kappa shape index (κ2) is 7.04. The fraction of sp³-hybridized carbons (Fsp3) is 0.188. The number of amides is 1. The van der Waals surface area contributed by atoms with Crippen molar-refractivity contribution in [3.05, 3.63) is 48.0 Å². The molecule has 0 aliphatic heterocycles. The van der Waals surface area contributed by atoms with Gasteiger partial charge in [0.05, 0.1) is 12.9 Å². The highest BCUT2D eigenvalue weighted by atomic mass is 32.2. The summed E-state index contributed by atoms with van der Waals surface area (Å²) in [6.45, 7) is 2.01. The highest BCUT2D eigenvalue weighted by Gasteiger charge is 2.08. The number of ether oxygens (including phenoxy) is 1. The van der Waals surface area contributed by atoms with Gasteiger partial charge in [0.1, 0.15) is 5.75 Å². The Morgan fingerprint density at radius 3 is 2.62 bits per heavy atom. The van der Waals surface area contributed by atoms with Gasteiger partial charge in [-0.3, -0.25) is 4.79 Å². The number of methoxy groups -OCH3 is 1. The van der Waals surface area contributed by atoms with Crippen molar-refractivity contribution in [1.29, 1.82) is 0 Å². The van der Waals surface area contributed by atoms with Gasteiger partial charge in [0.2, 0.25) is 5.91 Å². The Morgan fingerprint density at radius 1 is 1.24 bits per heavy atom. The molecule has 4 nitrogen and oxygen atoms in total. The predicted molar refractivity (Wildman–Crippen MR) is 87.9 cm³/mol. The number of nitrogens with one attached hydrogen (secondary N) is 1. The second-order valence-corrected chi connectivity index (χ2v) is 5.63. The SMILES string of the molecule is COc1cc(N)ccc1SCC(=O)Nc1ccc(C)cc1. The molecule has 0 fully saturated rings. The van der Waals surface area contributed by atoms with Gasteiger partial charge in [0, 0.05) is 22.3 Å². The zero-order valence-electron chi connectivity index (χ0n) is 12.1. The van der Waals surface area contributed by atoms with Gasteiger partial charge < -0.3 is 15.8 Å². The molecule has 0 aliphatic carbocycles. The number of hydrogen-bond donors (Lipinski definition) is 2. The molecule has 5 heteroatoms. The van der Waals surface area contributed by atoms with Crippen LogP contribution in [0.5, 0.6) is 5.75 Å². The topological polar surface area (TPSA) is 64.3 Å². The monoisotopic (exact) mass is 302 g/mol. The van der Waals surface area contributed by atoms with E-state index in [-0.39, 0.29) is 5.91 Å². The van der Waals surface area contributed by atoms with Crippen LogP contribution < -0.4 is 15.8 Å². The number of carbonyl (C=O) groups is 1. The zero-order chi connectivity index (χ0) is 15.2. The molecule has 0 bridgehead atoms. The molecule has 2 aromatic carbocycles. The van der Waals surface area contributed by atoms with Crippen LogP contribution in [-0.2, 0) is 4.79 Å². The Kier molecular flexibility index (Phi) is 5.11. The Balaban J connectivity index is 1.93. The van der Waals surface area contributed by atoms with Crippen LogP contribution in [0.1, 0.15) is 5.56 Å². The Labute approximate surface area is 128 Å². The Morgan fingerprint density at radius 2 is 1.95 bits per heavy atom. The molecule has 0 atom stereocenters. The summed E-state index contributed by atoms with van der Waals surface area (Å²) in [7, 11) is 1.59. The van der Waals surface area contributed by atoms with Crippen LogP contribution >= 0.6 is 11.8 Å². The molecule has 0 aliphatic rings. The molecule has 2 rings (SSSR count). The highest BCUT2D eigenvalue weighted by molar-refractivity contribution is 8.00. The number of hydrogen-bond acceptors (Lipinski definition) is 4. The van der Waals surface area contributed by atoms with Crippen molar-refractivity contribution < 1.29 is 9.53 Å². The molecule has 2 aromatic rings. The number of aryl methyl sites for hydroxylation is 1. The summed E-state index contributed by atoms with van der Waals surface area (Å²) in [5.74, 6) is 0.944. The maximum atomic E-state index is 11.9. The minimum atomic E-state index is -0.0530. The van der Waals surface area contributed by atoms with Crippen molar-refractivity contribution >= 4 is 29.0 Å². The minimum absolute atomic E-state index is 0.0530. The Hall–Kier alpha value is -2.14. The lowest BCUT2D eigenvalue weighted by molar-refractivity contribution is -0.113. The normalized spacial score (nSPS) is 10.2. The summed E-state index contributed by atoms with van der Waals surface area (Å²) in [6, 6.07) is 13.1. The fourth-order valence-corrected chi connectivity index (χ4v) is 2.59. The van der Waals surface area contributed by atoms with Gasteiger partial charge >= 0.3 is 0 Å². The van der Waals surface area contributed by atoms with Crippen LogP contribution in [0.4, 0.5) is 11.4 Å². The van der Waals surface area contributed by atoms with E-state index in [0.717, 1.165) is 16.1 Å². The van der Waals surface area contributed by atoms with Crippen LogP contribution in [0.2, 0.25) is 0 Å². The predicted octanol–water partition coefficient (Wildman–Crippen LogP) is 3.32. The number of benzene rings is 2. The third-order valence-electron chi connectivity index (χ3n) is 2.88. The summed E-state index contributed by atoms with van der Waals surface area (Å²) in [6.07, 6.45) is 0. The van der Waals surface area contributed by atoms with Crippen molar-refractivity contribution in [2.45, 2.75) is 11.8 Å². The van der Waals surface area contributed by atoms with Gasteiger partial charge in [0.15, 0.2) is 0 Å². The molecule has 0 spiro atoms. The summed E-state index contributed by atoms with van der Waals surface area (Å²) in [5, 5.41) is 2.86. The molecule has 21 heavy (non-hydrogen) atoms. The van der Waals surface area contributed by atoms with E-state index in [1.54, 1.807) is 19.2 Å². The first-order valence-electron chi connectivity index (χ1n) is 6.51. The zero-order valence-corrected chi connectivity index (χ0v) is 12.9. The average Bonchev–Trinajstić information content (AvgIpc) is 2.48. The summed E-state index contributed by atoms with van der Waals surface area (Å²) < 4.78 is 5.26. The number of anilines is 2. The molecule has 0 radical (unpaired) electrons. The third-order valence-corrected chi connectivity index (χ3v) is 3.94. The molecular weight excluding hydrogens is 284 g/mol. The van der Waals surface area contributed by atoms with E-state index in [1.165, 1.54) is 11.8 Å². The van der Waals surface area contributed by atoms with E-state index in [1.807, 2.05) is 37.3 Å². The van der Waals surface area contributed by atoms with Crippen LogP contribution in [0.3, 0.4) is 0 Å². The van der Waals surface area contributed by atoms with Gasteiger partial charge in [-0.1, -0.05) is 17.7 Å². The third kappa shape index (κ3) is 4.43. The smallest absolute Gasteiger partial charge is 0.234 e. The van der Waals surface area contributed by atoms with Crippen molar-refractivity contribution in [2.24, 2.45) is 0 Å². The minimum Gasteiger partial charge on any atom is -0.496 e. The fourth-order valence-electron chi connectivity index (χ4n) is 1.78. The molecule has 0 unspecified atom stereocenters. The maximum absolute atomic E-state index is 11.9. The van der Waals surface area contributed by atoms with E-state index in [0.29, 0.717) is 17.2 Å². The van der Waals surface area contributed by atoms with Gasteiger partial charge in [-0.05, 0) is 31.2 Å². The molecule has 1 amide bonds. The first-order chi connectivity index (χ1) is 10.1. The van der Waals surface area contributed by atoms with Gasteiger partial charge in [-0.25, -0.2) is 0 Å². The van der Waals surface area contributed by atoms with Crippen molar-refractivity contribution in [3.63, 3.8) is 0 Å². The quantitative estimate of drug-likeness (QED) is 0.657. The highest BCUT2D eigenvalue weighted by Crippen LogP contribution is 2.30. The first-order valence-corrected chi connectivity index (χ1v) is 7.50. The molecule has 0 saturated heterocycles. The molecular formula is C16H18N2O2S. The van der Waals surface area contributed by atoms with E-state index < -0.39 is 0 Å². The molecule has 0 aromatic heterocycles. The van der Waals surface area contributed by atoms with Crippen LogP contribution in [0, 0.1) is 6.92 Å². The number of rotatable bonds is 5. The van der Waals surface area contributed by atoms with Gasteiger partial charge in [0.25, 0.3) is 0 Å². The lowest BCUT2D eigenvalue weighted by Gasteiger charge is -2.09. The van der Waals surface area contributed by atoms with Crippen LogP contribution in [-0.4, -0.2) is 18.8 Å². The van der Waals surface area contributed by atoms with E-state index in [9.17, 15) is 4.79 Å². The second-order valence-electron chi connectivity index (χ2n) is 4.61. The number of nitrogens with two attached hydrogens (primary N) is 1. The first kappa shape index (κ1) is 15.3. The Bertz CT molecular complexity index is 627. The lowest BCUT2D eigenvalue weighted by atomic mass is 10.2. The summed E-state index contributed by atoms with van der Waals surface area (Å²) >= 11 is 1.42. The largest absolute Gasteiger partial charge is 0.496 e. The lowest BCUT2D eigenvalue weighted by Crippen LogP contribution is -2.13. The van der Waals surface area contributed by atoms with Crippen LogP contribution in [0.15, 0.2) is 47.4 Å². The summed E-state index contributed by atoms with van der Waals surface area (Å²) in [4.78, 5) is 12.8. The average molecular weight is 302 g/mol. The van der Waals surface area contributed by atoms with Crippen molar-refractivity contribution in [1.82, 2.24) is 0 Å². The maximum Gasteiger partial charge on any atom is 0.234 e. The van der Waals surface area contributed by atoms with Gasteiger partial charge in [-0.15, -0.1) is 11.8 Å². The van der Waals surface area contributed by atoms with Crippen molar-refractivity contribution in [2.75, 3.05) is 23.9 Å². The molecule has 0 saturated carbocycles. The number of carbonyl (C=O) groups excluding carboxylic acids is 1. The standard InChI is InChI=1S/C16H18N2O2S/c1-11-3-6-13(7-4-11)18-16(19)10-21-15-8-5-12(17)9-14(15)20-2/h3-9H,10,17H2,1-2H3,(H,18,19). The molecule has 0 heterocycles. The van der Waals surface area contributed by atoms with E-state index >= 15 is 0 Å². The van der Waals surface area contributed by atoms with Gasteiger partial charge in [-0.2, -0.15) is 0 Å². The van der Waals surface area contributed by atoms with E-state index in [4.69, 9.17) is 10.5 Å². The molecule has 110 valence electrons. The van der Waals surface area contributed by atoms with Crippen molar-refractivity contribution in [3.8, 4) is 5.75 Å². The van der Waals surface area contributed by atoms with Crippen LogP contribution in [0.25, 0.3) is 0 Å². The summed E-state index contributed by atoms with van der Waals surface area (Å²) in [5.41, 5.74) is 8.31. The van der Waals surface area contributed by atoms with E-state index in [2.05, 4.69) is 5.32 Å². The number of nitrogen functional groups attached to an aromatic ring is 1.